The summed E-state index contributed by atoms with van der Waals surface area (Å²) in [4.78, 5) is 15.2. The average molecular weight is 443 g/mol. The summed E-state index contributed by atoms with van der Waals surface area (Å²) in [5.41, 5.74) is 6.28. The van der Waals surface area contributed by atoms with Crippen molar-refractivity contribution >= 4 is 5.91 Å². The minimum Gasteiger partial charge on any atom is -0.497 e. The van der Waals surface area contributed by atoms with Gasteiger partial charge in [0.25, 0.3) is 0 Å². The van der Waals surface area contributed by atoms with E-state index in [2.05, 4.69) is 77.8 Å². The van der Waals surface area contributed by atoms with Crippen LogP contribution in [0.2, 0.25) is 0 Å². The van der Waals surface area contributed by atoms with E-state index in [4.69, 9.17) is 4.74 Å². The zero-order valence-electron chi connectivity index (χ0n) is 19.7. The molecule has 1 N–H and O–H groups in total. The van der Waals surface area contributed by atoms with Crippen LogP contribution in [-0.2, 0) is 17.8 Å². The number of methoxy groups -OCH3 is 1. The first kappa shape index (κ1) is 23.1. The molecule has 0 spiro atoms. The highest BCUT2D eigenvalue weighted by molar-refractivity contribution is 5.79. The van der Waals surface area contributed by atoms with Crippen molar-refractivity contribution in [1.82, 2.24) is 10.2 Å². The van der Waals surface area contributed by atoms with Crippen molar-refractivity contribution in [3.63, 3.8) is 0 Å². The number of nitrogens with zero attached hydrogens (tertiary/aromatic N) is 1. The van der Waals surface area contributed by atoms with Gasteiger partial charge in [0.2, 0.25) is 5.91 Å². The number of rotatable bonds is 8. The second-order valence-corrected chi connectivity index (χ2v) is 9.03. The molecule has 1 amide bonds. The molecule has 0 bridgehead atoms. The van der Waals surface area contributed by atoms with Gasteiger partial charge in [0.15, 0.2) is 0 Å². The minimum atomic E-state index is 0.0644. The first-order chi connectivity index (χ1) is 16.1. The summed E-state index contributed by atoms with van der Waals surface area (Å²) in [5.74, 6) is 1.10. The van der Waals surface area contributed by atoms with Crippen molar-refractivity contribution in [2.75, 3.05) is 26.7 Å². The number of hydrogen-bond donors (Lipinski definition) is 1. The van der Waals surface area contributed by atoms with Crippen LogP contribution in [0.5, 0.6) is 5.75 Å². The molecule has 0 radical (unpaired) electrons. The molecule has 4 rings (SSSR count). The summed E-state index contributed by atoms with van der Waals surface area (Å²) in [6.07, 6.45) is 2.86. The second-order valence-electron chi connectivity index (χ2n) is 9.03. The molecule has 3 aromatic rings. The van der Waals surface area contributed by atoms with E-state index >= 15 is 0 Å². The van der Waals surface area contributed by atoms with Gasteiger partial charge in [0, 0.05) is 19.6 Å². The molecule has 1 heterocycles. The Morgan fingerprint density at radius 3 is 2.52 bits per heavy atom. The van der Waals surface area contributed by atoms with E-state index in [0.29, 0.717) is 6.54 Å². The molecule has 4 heteroatoms. The van der Waals surface area contributed by atoms with Gasteiger partial charge in [-0.3, -0.25) is 9.69 Å². The number of ether oxygens (including phenoxy) is 1. The lowest BCUT2D eigenvalue weighted by Crippen LogP contribution is -2.43. The summed E-state index contributed by atoms with van der Waals surface area (Å²) < 4.78 is 5.20. The fourth-order valence-electron chi connectivity index (χ4n) is 4.61. The molecule has 1 saturated heterocycles. The van der Waals surface area contributed by atoms with E-state index in [1.807, 2.05) is 12.1 Å². The van der Waals surface area contributed by atoms with Crippen LogP contribution < -0.4 is 10.1 Å². The number of likely N-dealkylation sites (tertiary alicyclic amines) is 1. The monoisotopic (exact) mass is 442 g/mol. The van der Waals surface area contributed by atoms with Gasteiger partial charge in [-0.15, -0.1) is 0 Å². The van der Waals surface area contributed by atoms with Crippen LogP contribution in [0.25, 0.3) is 11.1 Å². The Hall–Kier alpha value is -3.11. The SMILES string of the molecule is COc1ccc(CCNC(=O)C2CCCN(Cc3cccc(-c4cccc(C)c4)c3)C2)cc1. The maximum absolute atomic E-state index is 12.8. The van der Waals surface area contributed by atoms with Crippen molar-refractivity contribution in [2.24, 2.45) is 5.92 Å². The number of carbonyl (C=O) groups excluding carboxylic acids is 1. The predicted molar refractivity (Wildman–Crippen MR) is 134 cm³/mol. The Balaban J connectivity index is 1.29. The lowest BCUT2D eigenvalue weighted by Gasteiger charge is -2.32. The third-order valence-electron chi connectivity index (χ3n) is 6.43. The van der Waals surface area contributed by atoms with Gasteiger partial charge in [-0.25, -0.2) is 0 Å². The first-order valence-electron chi connectivity index (χ1n) is 11.9. The number of aryl methyl sites for hydroxylation is 1. The van der Waals surface area contributed by atoms with Crippen LogP contribution in [-0.4, -0.2) is 37.6 Å². The van der Waals surface area contributed by atoms with Gasteiger partial charge in [-0.1, -0.05) is 60.2 Å². The average Bonchev–Trinajstić information content (AvgIpc) is 2.85. The highest BCUT2D eigenvalue weighted by Gasteiger charge is 2.25. The summed E-state index contributed by atoms with van der Waals surface area (Å²) in [7, 11) is 1.67. The van der Waals surface area contributed by atoms with Crippen LogP contribution in [0, 0.1) is 12.8 Å². The van der Waals surface area contributed by atoms with Crippen molar-refractivity contribution in [2.45, 2.75) is 32.7 Å². The molecule has 4 nitrogen and oxygen atoms in total. The van der Waals surface area contributed by atoms with Crippen LogP contribution >= 0.6 is 0 Å². The van der Waals surface area contributed by atoms with E-state index in [1.54, 1.807) is 7.11 Å². The fourth-order valence-corrected chi connectivity index (χ4v) is 4.61. The smallest absolute Gasteiger partial charge is 0.224 e. The summed E-state index contributed by atoms with van der Waals surface area (Å²) in [6, 6.07) is 25.5. The minimum absolute atomic E-state index is 0.0644. The molecule has 1 unspecified atom stereocenters. The highest BCUT2D eigenvalue weighted by atomic mass is 16.5. The molecule has 0 aromatic heterocycles. The Bertz CT molecular complexity index is 1060. The van der Waals surface area contributed by atoms with Crippen LogP contribution in [0.3, 0.4) is 0 Å². The van der Waals surface area contributed by atoms with Gasteiger partial charge in [-0.2, -0.15) is 0 Å². The number of carbonyl (C=O) groups is 1. The van der Waals surface area contributed by atoms with Crippen molar-refractivity contribution in [1.29, 1.82) is 0 Å². The molecule has 1 fully saturated rings. The molecule has 0 aliphatic carbocycles. The summed E-state index contributed by atoms with van der Waals surface area (Å²) >= 11 is 0. The Labute approximate surface area is 197 Å². The van der Waals surface area contributed by atoms with Crippen molar-refractivity contribution in [3.8, 4) is 16.9 Å². The molecular weight excluding hydrogens is 408 g/mol. The van der Waals surface area contributed by atoms with Gasteiger partial charge >= 0.3 is 0 Å². The van der Waals surface area contributed by atoms with Gasteiger partial charge in [0.05, 0.1) is 13.0 Å². The molecular formula is C29H34N2O2. The summed E-state index contributed by atoms with van der Waals surface area (Å²) in [6.45, 7) is 5.55. The summed E-state index contributed by atoms with van der Waals surface area (Å²) in [5, 5.41) is 3.15. The number of piperidine rings is 1. The fraction of sp³-hybridized carbons (Fsp3) is 0.345. The van der Waals surface area contributed by atoms with Gasteiger partial charge < -0.3 is 10.1 Å². The van der Waals surface area contributed by atoms with E-state index in [1.165, 1.54) is 27.8 Å². The van der Waals surface area contributed by atoms with E-state index in [-0.39, 0.29) is 11.8 Å². The first-order valence-corrected chi connectivity index (χ1v) is 11.9. The topological polar surface area (TPSA) is 41.6 Å². The maximum atomic E-state index is 12.8. The van der Waals surface area contributed by atoms with Crippen LogP contribution in [0.1, 0.15) is 29.5 Å². The zero-order valence-corrected chi connectivity index (χ0v) is 19.7. The Morgan fingerprint density at radius 1 is 1.00 bits per heavy atom. The number of amides is 1. The van der Waals surface area contributed by atoms with Crippen molar-refractivity contribution in [3.05, 3.63) is 89.5 Å². The van der Waals surface area contributed by atoms with E-state index in [0.717, 1.165) is 44.6 Å². The van der Waals surface area contributed by atoms with E-state index < -0.39 is 0 Å². The molecule has 172 valence electrons. The molecule has 1 aliphatic heterocycles. The molecule has 0 saturated carbocycles. The van der Waals surface area contributed by atoms with Gasteiger partial charge in [0.1, 0.15) is 5.75 Å². The lowest BCUT2D eigenvalue weighted by atomic mass is 9.96. The van der Waals surface area contributed by atoms with Crippen LogP contribution in [0.15, 0.2) is 72.8 Å². The second kappa shape index (κ2) is 11.2. The Morgan fingerprint density at radius 2 is 1.76 bits per heavy atom. The van der Waals surface area contributed by atoms with Gasteiger partial charge in [-0.05, 0) is 73.2 Å². The van der Waals surface area contributed by atoms with Crippen molar-refractivity contribution < 1.29 is 9.53 Å². The maximum Gasteiger partial charge on any atom is 0.224 e. The van der Waals surface area contributed by atoms with E-state index in [9.17, 15) is 4.79 Å². The lowest BCUT2D eigenvalue weighted by molar-refractivity contribution is -0.126. The number of hydrogen-bond acceptors (Lipinski definition) is 3. The standard InChI is InChI=1S/C29H34N2O2/c1-22-6-3-8-25(18-22)26-9-4-7-24(19-26)20-31-17-5-10-27(21-31)29(32)30-16-15-23-11-13-28(33-2)14-12-23/h3-4,6-9,11-14,18-19,27H,5,10,15-17,20-21H2,1-2H3,(H,30,32). The third kappa shape index (κ3) is 6.45. The molecule has 33 heavy (non-hydrogen) atoms. The number of benzene rings is 3. The number of nitrogens with one attached hydrogen (secondary N) is 1. The third-order valence-corrected chi connectivity index (χ3v) is 6.43. The highest BCUT2D eigenvalue weighted by Crippen LogP contribution is 2.24. The quantitative estimate of drug-likeness (QED) is 0.519. The Kier molecular flexibility index (Phi) is 7.79. The normalized spacial score (nSPS) is 16.4. The van der Waals surface area contributed by atoms with Crippen LogP contribution in [0.4, 0.5) is 0 Å². The predicted octanol–water partition coefficient (Wildman–Crippen LogP) is 5.24. The molecule has 1 atom stereocenters. The molecule has 3 aromatic carbocycles. The largest absolute Gasteiger partial charge is 0.497 e. The molecule has 1 aliphatic rings. The zero-order chi connectivity index (χ0) is 23.0.